The van der Waals surface area contributed by atoms with Crippen molar-refractivity contribution < 1.29 is 27.5 Å². The Balaban J connectivity index is 1.53. The molecule has 4 rings (SSSR count). The van der Waals surface area contributed by atoms with Crippen molar-refractivity contribution >= 4 is 33.2 Å². The Kier molecular flexibility index (Phi) is 8.42. The highest BCUT2D eigenvalue weighted by molar-refractivity contribution is 7.92. The molecule has 0 unspecified atom stereocenters. The van der Waals surface area contributed by atoms with E-state index in [2.05, 4.69) is 10.6 Å². The number of anilines is 2. The number of carbonyl (C=O) groups is 2. The molecule has 3 aromatic rings. The van der Waals surface area contributed by atoms with Crippen LogP contribution in [0, 0.1) is 0 Å². The van der Waals surface area contributed by atoms with Crippen LogP contribution in [-0.2, 0) is 19.6 Å². The quantitative estimate of drug-likeness (QED) is 0.421. The number of nitrogens with zero attached hydrogens (tertiary/aromatic N) is 1. The molecule has 2 amide bonds. The normalized spacial score (nSPS) is 15.1. The number of carbonyl (C=O) groups excluding carboxylic acids is 2. The number of benzene rings is 3. The van der Waals surface area contributed by atoms with Gasteiger partial charge in [-0.25, -0.2) is 8.42 Å². The van der Waals surface area contributed by atoms with Gasteiger partial charge in [-0.05, 0) is 61.4 Å². The number of para-hydroxylation sites is 2. The lowest BCUT2D eigenvalue weighted by atomic mass is 10.1. The lowest BCUT2D eigenvalue weighted by Crippen LogP contribution is -2.38. The Morgan fingerprint density at radius 3 is 2.38 bits per heavy atom. The van der Waals surface area contributed by atoms with Crippen LogP contribution in [0.1, 0.15) is 23.2 Å². The maximum Gasteiger partial charge on any atom is 0.264 e. The number of hydrogen-bond acceptors (Lipinski definition) is 6. The standard InChI is InChI=1S/C27H29N3O6S/c1-35-21-13-15-23(16-14-21)37(33,34)30(20-8-3-2-4-9-20)19-26(31)29-25-12-6-5-11-24(25)27(32)28-18-22-10-7-17-36-22/h2-6,8-9,11-16,22H,7,10,17-19H2,1H3,(H,28,32)(H,29,31)/t22-/m1/s1. The molecule has 1 heterocycles. The van der Waals surface area contributed by atoms with Crippen molar-refractivity contribution in [1.29, 1.82) is 0 Å². The molecule has 0 saturated carbocycles. The summed E-state index contributed by atoms with van der Waals surface area (Å²) >= 11 is 0. The van der Waals surface area contributed by atoms with E-state index in [0.29, 0.717) is 24.6 Å². The van der Waals surface area contributed by atoms with Crippen LogP contribution in [0.15, 0.2) is 83.8 Å². The number of amides is 2. The maximum absolute atomic E-state index is 13.5. The molecule has 0 aromatic heterocycles. The summed E-state index contributed by atoms with van der Waals surface area (Å²) in [6, 6.07) is 20.9. The minimum absolute atomic E-state index is 0.0128. The molecule has 1 saturated heterocycles. The van der Waals surface area contributed by atoms with Crippen LogP contribution >= 0.6 is 0 Å². The van der Waals surface area contributed by atoms with Gasteiger partial charge in [0.15, 0.2) is 0 Å². The third-order valence-electron chi connectivity index (χ3n) is 5.94. The summed E-state index contributed by atoms with van der Waals surface area (Å²) in [5.41, 5.74) is 0.890. The van der Waals surface area contributed by atoms with Gasteiger partial charge in [0.25, 0.3) is 15.9 Å². The van der Waals surface area contributed by atoms with Gasteiger partial charge in [-0.2, -0.15) is 0 Å². The van der Waals surface area contributed by atoms with Gasteiger partial charge in [-0.15, -0.1) is 0 Å². The highest BCUT2D eigenvalue weighted by Gasteiger charge is 2.28. The van der Waals surface area contributed by atoms with Crippen LogP contribution < -0.4 is 19.7 Å². The molecule has 0 radical (unpaired) electrons. The predicted molar refractivity (Wildman–Crippen MR) is 140 cm³/mol. The molecule has 0 aliphatic carbocycles. The Labute approximate surface area is 216 Å². The number of hydrogen-bond donors (Lipinski definition) is 2. The minimum Gasteiger partial charge on any atom is -0.497 e. The van der Waals surface area contributed by atoms with E-state index >= 15 is 0 Å². The highest BCUT2D eigenvalue weighted by atomic mass is 32.2. The van der Waals surface area contributed by atoms with Gasteiger partial charge < -0.3 is 20.1 Å². The van der Waals surface area contributed by atoms with Gasteiger partial charge in [0.2, 0.25) is 5.91 Å². The third-order valence-corrected chi connectivity index (χ3v) is 7.73. The van der Waals surface area contributed by atoms with Crippen molar-refractivity contribution in [2.75, 3.05) is 36.4 Å². The van der Waals surface area contributed by atoms with Crippen molar-refractivity contribution in [3.05, 3.63) is 84.4 Å². The molecular formula is C27H29N3O6S. The van der Waals surface area contributed by atoms with E-state index in [1.165, 1.54) is 19.2 Å². The molecule has 1 fully saturated rings. The van der Waals surface area contributed by atoms with E-state index in [1.54, 1.807) is 66.7 Å². The van der Waals surface area contributed by atoms with E-state index in [-0.39, 0.29) is 28.2 Å². The monoisotopic (exact) mass is 523 g/mol. The van der Waals surface area contributed by atoms with Gasteiger partial charge >= 0.3 is 0 Å². The second-order valence-electron chi connectivity index (χ2n) is 8.46. The second-order valence-corrected chi connectivity index (χ2v) is 10.3. The fourth-order valence-electron chi connectivity index (χ4n) is 4.00. The van der Waals surface area contributed by atoms with Gasteiger partial charge in [-0.3, -0.25) is 13.9 Å². The molecule has 37 heavy (non-hydrogen) atoms. The number of methoxy groups -OCH3 is 1. The average Bonchev–Trinajstić information content (AvgIpc) is 3.45. The highest BCUT2D eigenvalue weighted by Crippen LogP contribution is 2.25. The van der Waals surface area contributed by atoms with Crippen LogP contribution in [0.25, 0.3) is 0 Å². The predicted octanol–water partition coefficient (Wildman–Crippen LogP) is 3.44. The zero-order chi connectivity index (χ0) is 26.3. The first-order valence-electron chi connectivity index (χ1n) is 11.9. The fourth-order valence-corrected chi connectivity index (χ4v) is 5.42. The van der Waals surface area contributed by atoms with Crippen molar-refractivity contribution in [3.63, 3.8) is 0 Å². The van der Waals surface area contributed by atoms with Gasteiger partial charge in [0.1, 0.15) is 12.3 Å². The SMILES string of the molecule is COc1ccc(S(=O)(=O)N(CC(=O)Nc2ccccc2C(=O)NC[C@H]2CCCO2)c2ccccc2)cc1. The van der Waals surface area contributed by atoms with Gasteiger partial charge in [0, 0.05) is 13.2 Å². The van der Waals surface area contributed by atoms with Crippen molar-refractivity contribution in [1.82, 2.24) is 5.32 Å². The number of sulfonamides is 1. The Morgan fingerprint density at radius 1 is 1.00 bits per heavy atom. The van der Waals surface area contributed by atoms with Crippen LogP contribution in [-0.4, -0.2) is 53.1 Å². The zero-order valence-corrected chi connectivity index (χ0v) is 21.2. The molecule has 194 valence electrons. The smallest absolute Gasteiger partial charge is 0.264 e. The summed E-state index contributed by atoms with van der Waals surface area (Å²) < 4.78 is 38.8. The Hall–Kier alpha value is -3.89. The zero-order valence-electron chi connectivity index (χ0n) is 20.4. The molecule has 1 aliphatic heterocycles. The molecular weight excluding hydrogens is 494 g/mol. The van der Waals surface area contributed by atoms with Crippen LogP contribution in [0.4, 0.5) is 11.4 Å². The molecule has 9 nitrogen and oxygen atoms in total. The molecule has 0 bridgehead atoms. The summed E-state index contributed by atoms with van der Waals surface area (Å²) in [7, 11) is -2.60. The fraction of sp³-hybridized carbons (Fsp3) is 0.259. The topological polar surface area (TPSA) is 114 Å². The first-order chi connectivity index (χ1) is 17.9. The number of nitrogens with one attached hydrogen (secondary N) is 2. The van der Waals surface area contributed by atoms with E-state index in [4.69, 9.17) is 9.47 Å². The summed E-state index contributed by atoms with van der Waals surface area (Å²) in [5, 5.41) is 5.55. The minimum atomic E-state index is -4.09. The molecule has 3 aromatic carbocycles. The molecule has 10 heteroatoms. The van der Waals surface area contributed by atoms with E-state index in [1.807, 2.05) is 0 Å². The second kappa shape index (κ2) is 11.9. The van der Waals surface area contributed by atoms with E-state index in [0.717, 1.165) is 17.1 Å². The van der Waals surface area contributed by atoms with Crippen LogP contribution in [0.2, 0.25) is 0 Å². The lowest BCUT2D eigenvalue weighted by Gasteiger charge is -2.24. The largest absolute Gasteiger partial charge is 0.497 e. The third kappa shape index (κ3) is 6.46. The Bertz CT molecular complexity index is 1320. The summed E-state index contributed by atoms with van der Waals surface area (Å²) in [5.74, 6) is -0.435. The van der Waals surface area contributed by atoms with Gasteiger partial charge in [-0.1, -0.05) is 30.3 Å². The van der Waals surface area contributed by atoms with Gasteiger partial charge in [0.05, 0.1) is 35.0 Å². The Morgan fingerprint density at radius 2 is 1.70 bits per heavy atom. The van der Waals surface area contributed by atoms with E-state index in [9.17, 15) is 18.0 Å². The number of rotatable bonds is 10. The molecule has 2 N–H and O–H groups in total. The number of ether oxygens (including phenoxy) is 2. The lowest BCUT2D eigenvalue weighted by molar-refractivity contribution is -0.114. The average molecular weight is 524 g/mol. The molecule has 0 spiro atoms. The summed E-state index contributed by atoms with van der Waals surface area (Å²) in [6.45, 7) is 0.567. The first-order valence-corrected chi connectivity index (χ1v) is 13.3. The molecule has 1 aliphatic rings. The van der Waals surface area contributed by atoms with Crippen LogP contribution in [0.3, 0.4) is 0 Å². The maximum atomic E-state index is 13.5. The first kappa shape index (κ1) is 26.2. The van der Waals surface area contributed by atoms with Crippen molar-refractivity contribution in [3.8, 4) is 5.75 Å². The summed E-state index contributed by atoms with van der Waals surface area (Å²) in [4.78, 5) is 25.9. The van der Waals surface area contributed by atoms with Crippen molar-refractivity contribution in [2.45, 2.75) is 23.8 Å². The van der Waals surface area contributed by atoms with Crippen molar-refractivity contribution in [2.24, 2.45) is 0 Å². The van der Waals surface area contributed by atoms with Crippen LogP contribution in [0.5, 0.6) is 5.75 Å². The molecule has 1 atom stereocenters. The summed E-state index contributed by atoms with van der Waals surface area (Å²) in [6.07, 6.45) is 1.83. The van der Waals surface area contributed by atoms with E-state index < -0.39 is 22.5 Å².